The second-order valence-corrected chi connectivity index (χ2v) is 6.54. The van der Waals surface area contributed by atoms with Gasteiger partial charge in [0.05, 0.1) is 16.8 Å². The lowest BCUT2D eigenvalue weighted by molar-refractivity contribution is 0.894. The highest BCUT2D eigenvalue weighted by molar-refractivity contribution is 7.72. The molecule has 3 aromatic heterocycles. The number of benzene rings is 1. The molecule has 3 heterocycles. The zero-order valence-corrected chi connectivity index (χ0v) is 13.5. The summed E-state index contributed by atoms with van der Waals surface area (Å²) in [5.41, 5.74) is 2.00. The highest BCUT2D eigenvalue weighted by atomic mass is 32.1. The Hall–Kier alpha value is -1.83. The number of fused-ring (bicyclic) bond motifs is 3. The Kier molecular flexibility index (Phi) is 2.81. The smallest absolute Gasteiger partial charge is 0.176 e. The topological polar surface area (TPSA) is 49.4 Å². The van der Waals surface area contributed by atoms with Crippen LogP contribution in [0.3, 0.4) is 0 Å². The van der Waals surface area contributed by atoms with E-state index in [0.29, 0.717) is 9.41 Å². The molecule has 0 unspecified atom stereocenters. The molecule has 0 saturated carbocycles. The van der Waals surface area contributed by atoms with Crippen LogP contribution in [0.1, 0.15) is 5.69 Å². The van der Waals surface area contributed by atoms with E-state index < -0.39 is 0 Å². The second-order valence-electron chi connectivity index (χ2n) is 4.73. The Bertz CT molecular complexity index is 1080. The summed E-state index contributed by atoms with van der Waals surface area (Å²) in [5, 5.41) is 6.75. The van der Waals surface area contributed by atoms with Gasteiger partial charge in [-0.2, -0.15) is 5.10 Å². The summed E-state index contributed by atoms with van der Waals surface area (Å²) in [4.78, 5) is 8.26. The van der Waals surface area contributed by atoms with Crippen LogP contribution < -0.4 is 0 Å². The lowest BCUT2D eigenvalue weighted by Crippen LogP contribution is -1.94. The molecule has 0 aliphatic heterocycles. The number of aromatic amines is 2. The van der Waals surface area contributed by atoms with Crippen molar-refractivity contribution >= 4 is 56.2 Å². The number of hydrogen-bond donors (Lipinski definition) is 2. The predicted molar refractivity (Wildman–Crippen MR) is 91.6 cm³/mol. The van der Waals surface area contributed by atoms with E-state index in [0.717, 1.165) is 31.8 Å². The zero-order chi connectivity index (χ0) is 14.6. The Labute approximate surface area is 134 Å². The van der Waals surface area contributed by atoms with E-state index in [9.17, 15) is 0 Å². The third-order valence-corrected chi connectivity index (χ3v) is 4.97. The third kappa shape index (κ3) is 1.89. The molecule has 21 heavy (non-hydrogen) atoms. The molecule has 0 amide bonds. The quantitative estimate of drug-likeness (QED) is 0.499. The number of nitrogens with zero attached hydrogens (tertiary/aromatic N) is 2. The van der Waals surface area contributed by atoms with E-state index in [4.69, 9.17) is 24.4 Å². The summed E-state index contributed by atoms with van der Waals surface area (Å²) in [6.07, 6.45) is 0. The number of thiophene rings is 1. The summed E-state index contributed by atoms with van der Waals surface area (Å²) in [6, 6.07) is 10.1. The van der Waals surface area contributed by atoms with Crippen LogP contribution in [0.5, 0.6) is 0 Å². The van der Waals surface area contributed by atoms with E-state index >= 15 is 0 Å². The van der Waals surface area contributed by atoms with Gasteiger partial charge in [0, 0.05) is 5.39 Å². The van der Waals surface area contributed by atoms with Gasteiger partial charge in [0.1, 0.15) is 14.3 Å². The molecule has 0 bridgehead atoms. The van der Waals surface area contributed by atoms with Crippen LogP contribution >= 0.6 is 35.8 Å². The molecule has 2 N–H and O–H groups in total. The fourth-order valence-electron chi connectivity index (χ4n) is 2.50. The van der Waals surface area contributed by atoms with Crippen molar-refractivity contribution in [2.45, 2.75) is 6.92 Å². The van der Waals surface area contributed by atoms with Crippen molar-refractivity contribution < 1.29 is 0 Å². The van der Waals surface area contributed by atoms with Crippen molar-refractivity contribution in [3.63, 3.8) is 0 Å². The van der Waals surface area contributed by atoms with Crippen LogP contribution in [0.15, 0.2) is 30.3 Å². The third-order valence-electron chi connectivity index (χ3n) is 3.38. The minimum absolute atomic E-state index is 0.549. The van der Waals surface area contributed by atoms with E-state index in [1.807, 2.05) is 41.9 Å². The molecule has 7 heteroatoms. The molecule has 0 spiro atoms. The van der Waals surface area contributed by atoms with Crippen LogP contribution in [0.2, 0.25) is 0 Å². The number of nitrogens with one attached hydrogen (secondary N) is 2. The molecule has 1 aromatic carbocycles. The normalized spacial score (nSPS) is 11.5. The van der Waals surface area contributed by atoms with Gasteiger partial charge in [-0.05, 0) is 31.3 Å². The van der Waals surface area contributed by atoms with E-state index in [-0.39, 0.29) is 0 Å². The highest BCUT2D eigenvalue weighted by Gasteiger charge is 2.16. The summed E-state index contributed by atoms with van der Waals surface area (Å²) in [6.45, 7) is 2.00. The fraction of sp³-hybridized carbons (Fsp3) is 0.0714. The van der Waals surface area contributed by atoms with Gasteiger partial charge in [-0.1, -0.05) is 41.8 Å². The maximum absolute atomic E-state index is 5.44. The predicted octanol–water partition coefficient (Wildman–Crippen LogP) is 4.66. The number of aryl methyl sites for hydroxylation is 1. The number of hydrogen-bond acceptors (Lipinski definition) is 4. The monoisotopic (exact) mass is 330 g/mol. The molecule has 0 aliphatic rings. The van der Waals surface area contributed by atoms with E-state index in [2.05, 4.69) is 15.1 Å². The first kappa shape index (κ1) is 12.9. The lowest BCUT2D eigenvalue weighted by Gasteiger charge is -2.00. The summed E-state index contributed by atoms with van der Waals surface area (Å²) in [7, 11) is 0. The lowest BCUT2D eigenvalue weighted by atomic mass is 10.2. The number of rotatable bonds is 1. The SMILES string of the molecule is Cc1nn(-c2ccccc2)c2sc3[nH]c(=S)[nH]c(=S)c3c12. The van der Waals surface area contributed by atoms with Crippen LogP contribution in [0.25, 0.3) is 26.1 Å². The van der Waals surface area contributed by atoms with Crippen LogP contribution in [-0.4, -0.2) is 19.7 Å². The number of para-hydroxylation sites is 1. The van der Waals surface area contributed by atoms with Gasteiger partial charge >= 0.3 is 0 Å². The number of H-pyrrole nitrogens is 2. The molecule has 0 aliphatic carbocycles. The average molecular weight is 330 g/mol. The van der Waals surface area contributed by atoms with Gasteiger partial charge in [0.25, 0.3) is 0 Å². The summed E-state index contributed by atoms with van der Waals surface area (Å²) >= 11 is 12.2. The first-order valence-electron chi connectivity index (χ1n) is 6.35. The zero-order valence-electron chi connectivity index (χ0n) is 11.0. The molecule has 0 saturated heterocycles. The van der Waals surface area contributed by atoms with Crippen molar-refractivity contribution in [3.05, 3.63) is 45.4 Å². The van der Waals surface area contributed by atoms with Crippen molar-refractivity contribution in [2.24, 2.45) is 0 Å². The first-order chi connectivity index (χ1) is 10.1. The van der Waals surface area contributed by atoms with Crippen molar-refractivity contribution in [3.8, 4) is 5.69 Å². The Morgan fingerprint density at radius 3 is 2.62 bits per heavy atom. The largest absolute Gasteiger partial charge is 0.323 e. The molecule has 0 atom stereocenters. The minimum atomic E-state index is 0.549. The maximum Gasteiger partial charge on any atom is 0.176 e. The van der Waals surface area contributed by atoms with Crippen LogP contribution in [-0.2, 0) is 0 Å². The van der Waals surface area contributed by atoms with Gasteiger partial charge in [-0.15, -0.1) is 0 Å². The Balaban J connectivity index is 2.20. The summed E-state index contributed by atoms with van der Waals surface area (Å²) in [5.74, 6) is 0. The Morgan fingerprint density at radius 2 is 1.86 bits per heavy atom. The Morgan fingerprint density at radius 1 is 1.10 bits per heavy atom. The minimum Gasteiger partial charge on any atom is -0.323 e. The molecular formula is C14H10N4S3. The molecule has 4 rings (SSSR count). The van der Waals surface area contributed by atoms with Crippen LogP contribution in [0.4, 0.5) is 0 Å². The standard InChI is InChI=1S/C14H10N4S3/c1-7-9-10-11(19)15-14(20)16-12(10)21-13(9)18(17-7)8-5-3-2-4-6-8/h2-6H,1H3,(H2,15,16,19,20). The van der Waals surface area contributed by atoms with Gasteiger partial charge in [-0.3, -0.25) is 0 Å². The molecule has 4 nitrogen and oxygen atoms in total. The van der Waals surface area contributed by atoms with Crippen LogP contribution in [0, 0.1) is 16.3 Å². The van der Waals surface area contributed by atoms with Crippen molar-refractivity contribution in [1.82, 2.24) is 19.7 Å². The molecular weight excluding hydrogens is 320 g/mol. The fourth-order valence-corrected chi connectivity index (χ4v) is 4.44. The maximum atomic E-state index is 5.44. The highest BCUT2D eigenvalue weighted by Crippen LogP contribution is 2.36. The van der Waals surface area contributed by atoms with Gasteiger partial charge in [0.2, 0.25) is 0 Å². The van der Waals surface area contributed by atoms with Gasteiger partial charge < -0.3 is 9.97 Å². The number of aromatic nitrogens is 4. The molecule has 0 fully saturated rings. The second kappa shape index (κ2) is 4.59. The molecule has 0 radical (unpaired) electrons. The molecule has 104 valence electrons. The average Bonchev–Trinajstić information content (AvgIpc) is 2.97. The van der Waals surface area contributed by atoms with Gasteiger partial charge in [-0.25, -0.2) is 4.68 Å². The van der Waals surface area contributed by atoms with Gasteiger partial charge in [0.15, 0.2) is 4.77 Å². The van der Waals surface area contributed by atoms with E-state index in [1.165, 1.54) is 0 Å². The summed E-state index contributed by atoms with van der Waals surface area (Å²) < 4.78 is 3.17. The van der Waals surface area contributed by atoms with Crippen molar-refractivity contribution in [2.75, 3.05) is 0 Å². The van der Waals surface area contributed by atoms with E-state index in [1.54, 1.807) is 11.3 Å². The van der Waals surface area contributed by atoms with Crippen molar-refractivity contribution in [1.29, 1.82) is 0 Å². The molecule has 4 aromatic rings. The first-order valence-corrected chi connectivity index (χ1v) is 7.98.